The summed E-state index contributed by atoms with van der Waals surface area (Å²) < 4.78 is 5.18. The second-order valence-electron chi connectivity index (χ2n) is 4.25. The summed E-state index contributed by atoms with van der Waals surface area (Å²) in [4.78, 5) is 11.6. The van der Waals surface area contributed by atoms with Gasteiger partial charge in [-0.05, 0) is 25.0 Å². The molecule has 0 bridgehead atoms. The molecule has 1 aromatic rings. The summed E-state index contributed by atoms with van der Waals surface area (Å²) in [5.74, 6) is 0.603. The Kier molecular flexibility index (Phi) is 6.74. The summed E-state index contributed by atoms with van der Waals surface area (Å²) in [7, 11) is 1.59. The van der Waals surface area contributed by atoms with E-state index in [1.807, 2.05) is 31.2 Å². The Morgan fingerprint density at radius 2 is 2.16 bits per heavy atom. The molecule has 0 aliphatic rings. The van der Waals surface area contributed by atoms with Crippen LogP contribution in [0.2, 0.25) is 0 Å². The molecule has 1 rings (SSSR count). The Morgan fingerprint density at radius 1 is 1.42 bits per heavy atom. The number of carbonyl (C=O) groups excluding carboxylic acids is 1. The number of methoxy groups -OCH3 is 1. The van der Waals surface area contributed by atoms with Crippen LogP contribution < -0.4 is 15.4 Å². The first-order valence-corrected chi connectivity index (χ1v) is 6.49. The van der Waals surface area contributed by atoms with E-state index in [0.29, 0.717) is 25.1 Å². The van der Waals surface area contributed by atoms with Crippen LogP contribution in [0.3, 0.4) is 0 Å². The van der Waals surface area contributed by atoms with Gasteiger partial charge >= 0.3 is 0 Å². The fourth-order valence-electron chi connectivity index (χ4n) is 1.61. The topological polar surface area (TPSA) is 70.6 Å². The van der Waals surface area contributed by atoms with Gasteiger partial charge in [0.25, 0.3) is 0 Å². The van der Waals surface area contributed by atoms with Gasteiger partial charge in [0, 0.05) is 6.54 Å². The first-order chi connectivity index (χ1) is 9.17. The van der Waals surface area contributed by atoms with E-state index in [-0.39, 0.29) is 18.6 Å². The zero-order valence-corrected chi connectivity index (χ0v) is 11.5. The Bertz CT molecular complexity index is 396. The van der Waals surface area contributed by atoms with Crippen molar-refractivity contribution in [1.82, 2.24) is 5.32 Å². The van der Waals surface area contributed by atoms with E-state index < -0.39 is 0 Å². The lowest BCUT2D eigenvalue weighted by Gasteiger charge is -2.12. The first-order valence-electron chi connectivity index (χ1n) is 6.49. The van der Waals surface area contributed by atoms with Gasteiger partial charge in [0.05, 0.1) is 25.4 Å². The van der Waals surface area contributed by atoms with E-state index in [1.54, 1.807) is 7.11 Å². The highest BCUT2D eigenvalue weighted by molar-refractivity contribution is 5.81. The number of anilines is 1. The maximum atomic E-state index is 11.6. The van der Waals surface area contributed by atoms with E-state index in [0.717, 1.165) is 5.69 Å². The number of ether oxygens (including phenoxy) is 1. The summed E-state index contributed by atoms with van der Waals surface area (Å²) in [6, 6.07) is 7.43. The maximum Gasteiger partial charge on any atom is 0.239 e. The highest BCUT2D eigenvalue weighted by Gasteiger charge is 2.05. The third-order valence-corrected chi connectivity index (χ3v) is 2.82. The van der Waals surface area contributed by atoms with Gasteiger partial charge in [-0.3, -0.25) is 4.79 Å². The van der Waals surface area contributed by atoms with E-state index in [2.05, 4.69) is 10.6 Å². The molecule has 0 spiro atoms. The normalized spacial score (nSPS) is 11.7. The fraction of sp³-hybridized carbons (Fsp3) is 0.500. The van der Waals surface area contributed by atoms with Crippen LogP contribution in [-0.4, -0.2) is 37.3 Å². The molecule has 0 fully saturated rings. The molecule has 1 amide bonds. The third-order valence-electron chi connectivity index (χ3n) is 2.82. The lowest BCUT2D eigenvalue weighted by molar-refractivity contribution is -0.119. The molecule has 0 aliphatic heterocycles. The minimum absolute atomic E-state index is 0.103. The van der Waals surface area contributed by atoms with E-state index in [9.17, 15) is 9.90 Å². The Morgan fingerprint density at radius 3 is 2.84 bits per heavy atom. The SMILES string of the molecule is CCC(O)CCNC(=O)CNc1ccccc1OC. The summed E-state index contributed by atoms with van der Waals surface area (Å²) in [5, 5.41) is 15.1. The Labute approximate surface area is 114 Å². The Balaban J connectivity index is 2.30. The number of benzene rings is 1. The minimum atomic E-state index is -0.345. The largest absolute Gasteiger partial charge is 0.495 e. The molecular weight excluding hydrogens is 244 g/mol. The summed E-state index contributed by atoms with van der Waals surface area (Å²) >= 11 is 0. The molecular formula is C14H22N2O3. The summed E-state index contributed by atoms with van der Waals surface area (Å²) in [6.45, 7) is 2.58. The number of hydrogen-bond acceptors (Lipinski definition) is 4. The van der Waals surface area contributed by atoms with Crippen LogP contribution in [0.5, 0.6) is 5.75 Å². The predicted molar refractivity (Wildman–Crippen MR) is 75.4 cm³/mol. The standard InChI is InChI=1S/C14H22N2O3/c1-3-11(17)8-9-15-14(18)10-16-12-6-4-5-7-13(12)19-2/h4-7,11,16-17H,3,8-10H2,1-2H3,(H,15,18). The molecule has 0 aliphatic carbocycles. The van der Waals surface area contributed by atoms with Gasteiger partial charge in [0.1, 0.15) is 5.75 Å². The van der Waals surface area contributed by atoms with Crippen molar-refractivity contribution in [1.29, 1.82) is 0 Å². The van der Waals surface area contributed by atoms with Gasteiger partial charge in [-0.1, -0.05) is 19.1 Å². The summed E-state index contributed by atoms with van der Waals surface area (Å²) in [5.41, 5.74) is 0.786. The van der Waals surface area contributed by atoms with Gasteiger partial charge in [0.15, 0.2) is 0 Å². The van der Waals surface area contributed by atoms with Crippen LogP contribution in [0.15, 0.2) is 24.3 Å². The van der Waals surface area contributed by atoms with Crippen molar-refractivity contribution >= 4 is 11.6 Å². The number of aliphatic hydroxyl groups excluding tert-OH is 1. The van der Waals surface area contributed by atoms with Crippen molar-refractivity contribution in [2.75, 3.05) is 25.5 Å². The first kappa shape index (κ1) is 15.3. The number of nitrogens with one attached hydrogen (secondary N) is 2. The second-order valence-corrected chi connectivity index (χ2v) is 4.25. The molecule has 5 nitrogen and oxygen atoms in total. The van der Waals surface area contributed by atoms with Crippen molar-refractivity contribution in [2.24, 2.45) is 0 Å². The zero-order valence-electron chi connectivity index (χ0n) is 11.5. The lowest BCUT2D eigenvalue weighted by Crippen LogP contribution is -2.32. The molecule has 19 heavy (non-hydrogen) atoms. The zero-order chi connectivity index (χ0) is 14.1. The van der Waals surface area contributed by atoms with Crippen LogP contribution in [0.4, 0.5) is 5.69 Å². The smallest absolute Gasteiger partial charge is 0.239 e. The number of hydrogen-bond donors (Lipinski definition) is 3. The molecule has 106 valence electrons. The maximum absolute atomic E-state index is 11.6. The van der Waals surface area contributed by atoms with Crippen molar-refractivity contribution < 1.29 is 14.6 Å². The minimum Gasteiger partial charge on any atom is -0.495 e. The van der Waals surface area contributed by atoms with E-state index in [4.69, 9.17) is 4.74 Å². The van der Waals surface area contributed by atoms with Crippen LogP contribution >= 0.6 is 0 Å². The molecule has 1 aromatic carbocycles. The second kappa shape index (κ2) is 8.37. The van der Waals surface area contributed by atoms with E-state index >= 15 is 0 Å². The van der Waals surface area contributed by atoms with Crippen LogP contribution in [0, 0.1) is 0 Å². The Hall–Kier alpha value is -1.75. The van der Waals surface area contributed by atoms with Crippen molar-refractivity contribution in [3.8, 4) is 5.75 Å². The molecule has 1 atom stereocenters. The average Bonchev–Trinajstić information content (AvgIpc) is 2.45. The van der Waals surface area contributed by atoms with Gasteiger partial charge in [-0.25, -0.2) is 0 Å². The lowest BCUT2D eigenvalue weighted by atomic mass is 10.2. The van der Waals surface area contributed by atoms with Crippen LogP contribution in [0.25, 0.3) is 0 Å². The quantitative estimate of drug-likeness (QED) is 0.665. The van der Waals surface area contributed by atoms with Gasteiger partial charge < -0.3 is 20.5 Å². The highest BCUT2D eigenvalue weighted by Crippen LogP contribution is 2.22. The number of amides is 1. The molecule has 5 heteroatoms. The van der Waals surface area contributed by atoms with Crippen molar-refractivity contribution in [3.05, 3.63) is 24.3 Å². The molecule has 0 aromatic heterocycles. The molecule has 1 unspecified atom stereocenters. The average molecular weight is 266 g/mol. The van der Waals surface area contributed by atoms with E-state index in [1.165, 1.54) is 0 Å². The molecule has 0 saturated heterocycles. The molecule has 0 heterocycles. The van der Waals surface area contributed by atoms with Gasteiger partial charge in [0.2, 0.25) is 5.91 Å². The van der Waals surface area contributed by atoms with Crippen molar-refractivity contribution in [2.45, 2.75) is 25.9 Å². The number of aliphatic hydroxyl groups is 1. The van der Waals surface area contributed by atoms with Crippen molar-refractivity contribution in [3.63, 3.8) is 0 Å². The number of rotatable bonds is 8. The highest BCUT2D eigenvalue weighted by atomic mass is 16.5. The molecule has 3 N–H and O–H groups in total. The van der Waals surface area contributed by atoms with Gasteiger partial charge in [-0.2, -0.15) is 0 Å². The van der Waals surface area contributed by atoms with Crippen LogP contribution in [0.1, 0.15) is 19.8 Å². The molecule has 0 radical (unpaired) electrons. The van der Waals surface area contributed by atoms with Gasteiger partial charge in [-0.15, -0.1) is 0 Å². The van der Waals surface area contributed by atoms with Crippen LogP contribution in [-0.2, 0) is 4.79 Å². The molecule has 0 saturated carbocycles. The summed E-state index contributed by atoms with van der Waals surface area (Å²) in [6.07, 6.45) is 0.939. The number of carbonyl (C=O) groups is 1. The predicted octanol–water partition coefficient (Wildman–Crippen LogP) is 1.38. The number of para-hydroxylation sites is 2. The third kappa shape index (κ3) is 5.61. The fourth-order valence-corrected chi connectivity index (χ4v) is 1.61. The monoisotopic (exact) mass is 266 g/mol.